The summed E-state index contributed by atoms with van der Waals surface area (Å²) in [5.74, 6) is -1.97. The molecule has 2 aliphatic rings. The number of imide groups is 2. The normalized spacial score (nSPS) is 18.3. The van der Waals surface area contributed by atoms with Crippen LogP contribution in [0.2, 0.25) is 0 Å². The molecule has 0 aliphatic carbocycles. The number of rotatable bonds is 10. The Balaban J connectivity index is 0.00000320. The molecule has 3 N–H and O–H groups in total. The fraction of sp³-hybridized carbons (Fsp3) is 0.524. The van der Waals surface area contributed by atoms with Gasteiger partial charge < -0.3 is 15.2 Å². The van der Waals surface area contributed by atoms with Crippen molar-refractivity contribution in [3.8, 4) is 0 Å². The number of aryl methyl sites for hydroxylation is 1. The maximum Gasteiger partial charge on any atom is 0.262 e. The molecule has 1 aromatic rings. The second kappa shape index (κ2) is 11.0. The van der Waals surface area contributed by atoms with Crippen LogP contribution in [0, 0.1) is 0 Å². The highest BCUT2D eigenvalue weighted by Crippen LogP contribution is 2.30. The summed E-state index contributed by atoms with van der Waals surface area (Å²) in [5, 5.41) is 2.20. The van der Waals surface area contributed by atoms with E-state index in [1.165, 1.54) is 0 Å². The standard InChI is InChI=1S/C20H25N3O6.CH4/c21-8-10-29-12-11-28-9-2-4-13-3-1-5-14-17(13)20(27)23(19(14)26)15-6-7-16(24)22-18(15)25;/h1,3,5,15H,2,4,6-12,21H2,(H,22,24,25);1H4. The van der Waals surface area contributed by atoms with Crippen LogP contribution < -0.4 is 11.1 Å². The van der Waals surface area contributed by atoms with Crippen molar-refractivity contribution in [2.75, 3.05) is 33.0 Å². The lowest BCUT2D eigenvalue weighted by atomic mass is 9.99. The van der Waals surface area contributed by atoms with Crippen molar-refractivity contribution >= 4 is 23.6 Å². The van der Waals surface area contributed by atoms with Gasteiger partial charge in [-0.3, -0.25) is 29.4 Å². The fourth-order valence-corrected chi connectivity index (χ4v) is 3.56. The number of piperidine rings is 1. The number of nitrogens with one attached hydrogen (secondary N) is 1. The zero-order valence-corrected chi connectivity index (χ0v) is 16.1. The molecule has 9 heteroatoms. The second-order valence-electron chi connectivity index (χ2n) is 6.90. The van der Waals surface area contributed by atoms with E-state index in [4.69, 9.17) is 15.2 Å². The Kier molecular flexibility index (Phi) is 8.64. The number of fused-ring (bicyclic) bond motifs is 1. The Hall–Kier alpha value is -2.62. The van der Waals surface area contributed by atoms with Crippen LogP contribution in [-0.4, -0.2) is 67.5 Å². The molecule has 164 valence electrons. The molecule has 1 atom stereocenters. The predicted octanol–water partition coefficient (Wildman–Crippen LogP) is 0.648. The van der Waals surface area contributed by atoms with Crippen LogP contribution in [0.5, 0.6) is 0 Å². The molecule has 0 saturated carbocycles. The van der Waals surface area contributed by atoms with Gasteiger partial charge in [0, 0.05) is 19.6 Å². The number of benzene rings is 1. The number of nitrogens with zero attached hydrogens (tertiary/aromatic N) is 1. The fourth-order valence-electron chi connectivity index (χ4n) is 3.56. The number of nitrogens with two attached hydrogens (primary N) is 1. The van der Waals surface area contributed by atoms with Gasteiger partial charge >= 0.3 is 0 Å². The van der Waals surface area contributed by atoms with Crippen LogP contribution >= 0.6 is 0 Å². The Labute approximate surface area is 175 Å². The molecule has 9 nitrogen and oxygen atoms in total. The monoisotopic (exact) mass is 419 g/mol. The van der Waals surface area contributed by atoms with Crippen molar-refractivity contribution in [3.63, 3.8) is 0 Å². The van der Waals surface area contributed by atoms with Crippen molar-refractivity contribution in [2.45, 2.75) is 39.2 Å². The zero-order valence-electron chi connectivity index (χ0n) is 16.1. The minimum absolute atomic E-state index is 0. The Morgan fingerprint density at radius 2 is 1.77 bits per heavy atom. The SMILES string of the molecule is C.NCCOCCOCCCc1cccc2c1C(=O)N(C1CCC(=O)NC1=O)C2=O. The zero-order chi connectivity index (χ0) is 20.8. The molecule has 30 heavy (non-hydrogen) atoms. The van der Waals surface area contributed by atoms with Crippen molar-refractivity contribution in [3.05, 3.63) is 34.9 Å². The number of amides is 4. The molecule has 1 aromatic carbocycles. The first-order valence-electron chi connectivity index (χ1n) is 9.73. The number of ether oxygens (including phenoxy) is 2. The van der Waals surface area contributed by atoms with Crippen molar-refractivity contribution < 1.29 is 28.7 Å². The topological polar surface area (TPSA) is 128 Å². The van der Waals surface area contributed by atoms with Gasteiger partial charge in [-0.05, 0) is 30.9 Å². The van der Waals surface area contributed by atoms with Gasteiger partial charge in [0.15, 0.2) is 0 Å². The first kappa shape index (κ1) is 23.7. The predicted molar refractivity (Wildman–Crippen MR) is 109 cm³/mol. The van der Waals surface area contributed by atoms with Gasteiger partial charge in [0.05, 0.1) is 30.9 Å². The Morgan fingerprint density at radius 1 is 1.03 bits per heavy atom. The first-order chi connectivity index (χ1) is 14.0. The third-order valence-electron chi connectivity index (χ3n) is 4.92. The van der Waals surface area contributed by atoms with E-state index in [0.717, 1.165) is 10.5 Å². The summed E-state index contributed by atoms with van der Waals surface area (Å²) >= 11 is 0. The quantitative estimate of drug-likeness (QED) is 0.421. The highest BCUT2D eigenvalue weighted by molar-refractivity contribution is 6.24. The summed E-state index contributed by atoms with van der Waals surface area (Å²) in [6.07, 6.45) is 1.48. The third kappa shape index (κ3) is 5.10. The van der Waals surface area contributed by atoms with Gasteiger partial charge in [0.25, 0.3) is 11.8 Å². The number of hydrogen-bond acceptors (Lipinski definition) is 7. The highest BCUT2D eigenvalue weighted by atomic mass is 16.5. The molecule has 1 saturated heterocycles. The van der Waals surface area contributed by atoms with E-state index >= 15 is 0 Å². The lowest BCUT2D eigenvalue weighted by Gasteiger charge is -2.27. The lowest BCUT2D eigenvalue weighted by molar-refractivity contribution is -0.136. The van der Waals surface area contributed by atoms with E-state index in [1.807, 2.05) is 6.07 Å². The van der Waals surface area contributed by atoms with Crippen LogP contribution in [0.3, 0.4) is 0 Å². The minimum atomic E-state index is -0.954. The van der Waals surface area contributed by atoms with Gasteiger partial charge in [-0.15, -0.1) is 0 Å². The molecular weight excluding hydrogens is 390 g/mol. The van der Waals surface area contributed by atoms with Crippen LogP contribution in [0.1, 0.15) is 53.0 Å². The average Bonchev–Trinajstić information content (AvgIpc) is 2.95. The molecule has 2 heterocycles. The molecule has 3 rings (SSSR count). The van der Waals surface area contributed by atoms with E-state index < -0.39 is 29.7 Å². The average molecular weight is 419 g/mol. The van der Waals surface area contributed by atoms with E-state index in [1.54, 1.807) is 12.1 Å². The first-order valence-corrected chi connectivity index (χ1v) is 9.73. The summed E-state index contributed by atoms with van der Waals surface area (Å²) in [4.78, 5) is 50.3. The van der Waals surface area contributed by atoms with E-state index in [9.17, 15) is 19.2 Å². The molecule has 1 unspecified atom stereocenters. The summed E-state index contributed by atoms with van der Waals surface area (Å²) < 4.78 is 10.7. The second-order valence-corrected chi connectivity index (χ2v) is 6.90. The van der Waals surface area contributed by atoms with E-state index in [0.29, 0.717) is 56.9 Å². The Bertz CT molecular complexity index is 810. The molecule has 0 spiro atoms. The van der Waals surface area contributed by atoms with Crippen LogP contribution in [-0.2, 0) is 25.5 Å². The number of carbonyl (C=O) groups excluding carboxylic acids is 4. The Morgan fingerprint density at radius 3 is 2.47 bits per heavy atom. The number of carbonyl (C=O) groups is 4. The maximum atomic E-state index is 13.0. The van der Waals surface area contributed by atoms with Gasteiger partial charge in [-0.1, -0.05) is 19.6 Å². The van der Waals surface area contributed by atoms with Crippen molar-refractivity contribution in [1.29, 1.82) is 0 Å². The molecule has 0 aromatic heterocycles. The van der Waals surface area contributed by atoms with E-state index in [2.05, 4.69) is 5.32 Å². The molecule has 2 aliphatic heterocycles. The van der Waals surface area contributed by atoms with Gasteiger partial charge in [0.1, 0.15) is 6.04 Å². The highest BCUT2D eigenvalue weighted by Gasteiger charge is 2.45. The van der Waals surface area contributed by atoms with Crippen molar-refractivity contribution in [1.82, 2.24) is 10.2 Å². The summed E-state index contributed by atoms with van der Waals surface area (Å²) in [6, 6.07) is 4.18. The molecule has 0 bridgehead atoms. The minimum Gasteiger partial charge on any atom is -0.379 e. The summed E-state index contributed by atoms with van der Waals surface area (Å²) in [6.45, 7) is 2.41. The largest absolute Gasteiger partial charge is 0.379 e. The smallest absolute Gasteiger partial charge is 0.262 e. The van der Waals surface area contributed by atoms with Crippen molar-refractivity contribution in [2.24, 2.45) is 5.73 Å². The van der Waals surface area contributed by atoms with Crippen LogP contribution in [0.25, 0.3) is 0 Å². The van der Waals surface area contributed by atoms with Crippen LogP contribution in [0.4, 0.5) is 0 Å². The van der Waals surface area contributed by atoms with Gasteiger partial charge in [-0.25, -0.2) is 0 Å². The maximum absolute atomic E-state index is 13.0. The molecule has 1 fully saturated rings. The molecule has 4 amide bonds. The van der Waals surface area contributed by atoms with E-state index in [-0.39, 0.29) is 20.3 Å². The van der Waals surface area contributed by atoms with Gasteiger partial charge in [0.2, 0.25) is 11.8 Å². The van der Waals surface area contributed by atoms with Crippen LogP contribution in [0.15, 0.2) is 18.2 Å². The van der Waals surface area contributed by atoms with Gasteiger partial charge in [-0.2, -0.15) is 0 Å². The summed E-state index contributed by atoms with van der Waals surface area (Å²) in [5.41, 5.74) is 6.72. The lowest BCUT2D eigenvalue weighted by Crippen LogP contribution is -2.54. The number of hydrogen-bond donors (Lipinski definition) is 2. The molecular formula is C21H29N3O6. The summed E-state index contributed by atoms with van der Waals surface area (Å²) in [7, 11) is 0. The molecule has 0 radical (unpaired) electrons. The third-order valence-corrected chi connectivity index (χ3v) is 4.92.